The van der Waals surface area contributed by atoms with Crippen LogP contribution >= 0.6 is 15.9 Å². The van der Waals surface area contributed by atoms with Crippen LogP contribution in [0.4, 0.5) is 5.69 Å². The van der Waals surface area contributed by atoms with Crippen LogP contribution in [-0.2, 0) is 26.2 Å². The minimum absolute atomic E-state index is 0.185. The van der Waals surface area contributed by atoms with Gasteiger partial charge in [0.25, 0.3) is 0 Å². The molecule has 0 heterocycles. The quantitative estimate of drug-likeness (QED) is 0.626. The predicted molar refractivity (Wildman–Crippen MR) is 117 cm³/mol. The summed E-state index contributed by atoms with van der Waals surface area (Å²) in [4.78, 5) is 26.7. The highest BCUT2D eigenvalue weighted by molar-refractivity contribution is 9.10. The summed E-state index contributed by atoms with van der Waals surface area (Å²) in [6.45, 7) is 1.39. The van der Waals surface area contributed by atoms with Gasteiger partial charge in [0.15, 0.2) is 0 Å². The summed E-state index contributed by atoms with van der Waals surface area (Å²) in [5, 5.41) is 2.54. The van der Waals surface area contributed by atoms with Gasteiger partial charge in [-0.05, 0) is 30.7 Å². The Hall–Kier alpha value is -2.39. The molecule has 0 aliphatic heterocycles. The maximum Gasteiger partial charge on any atom is 0.244 e. The largest absolute Gasteiger partial charge is 0.357 e. The number of anilines is 1. The Morgan fingerprint density at radius 2 is 1.76 bits per heavy atom. The fourth-order valence-corrected chi connectivity index (χ4v) is 4.05. The van der Waals surface area contributed by atoms with E-state index in [1.165, 1.54) is 11.9 Å². The average molecular weight is 482 g/mol. The van der Waals surface area contributed by atoms with Crippen LogP contribution < -0.4 is 9.62 Å². The van der Waals surface area contributed by atoms with Crippen molar-refractivity contribution in [3.05, 3.63) is 64.6 Å². The molecular formula is C20H24BrN3O4S. The number of rotatable bonds is 8. The van der Waals surface area contributed by atoms with Crippen molar-refractivity contribution in [2.75, 3.05) is 24.2 Å². The normalized spacial score (nSPS) is 12.1. The Balaban J connectivity index is 2.36. The zero-order chi connectivity index (χ0) is 21.6. The molecular weight excluding hydrogens is 458 g/mol. The number of hydrogen-bond donors (Lipinski definition) is 1. The molecule has 1 N–H and O–H groups in total. The molecule has 0 aromatic heterocycles. The second-order valence-corrected chi connectivity index (χ2v) is 9.37. The molecule has 1 unspecified atom stereocenters. The summed E-state index contributed by atoms with van der Waals surface area (Å²) >= 11 is 3.32. The van der Waals surface area contributed by atoms with E-state index in [-0.39, 0.29) is 12.5 Å². The van der Waals surface area contributed by atoms with Gasteiger partial charge in [0, 0.05) is 18.1 Å². The van der Waals surface area contributed by atoms with Crippen LogP contribution in [0.15, 0.2) is 59.1 Å². The Morgan fingerprint density at radius 3 is 2.31 bits per heavy atom. The SMILES string of the molecule is CNC(=O)C(C)N(Cc1ccccc1)C(=O)CN(c1cccc(Br)c1)S(C)(=O)=O. The molecule has 0 aliphatic carbocycles. The van der Waals surface area contributed by atoms with Gasteiger partial charge >= 0.3 is 0 Å². The lowest BCUT2D eigenvalue weighted by Gasteiger charge is -2.31. The number of nitrogens with one attached hydrogen (secondary N) is 1. The van der Waals surface area contributed by atoms with Gasteiger partial charge in [0.05, 0.1) is 11.9 Å². The molecule has 0 saturated carbocycles. The Kier molecular flexibility index (Phi) is 7.80. The van der Waals surface area contributed by atoms with E-state index >= 15 is 0 Å². The Bertz CT molecular complexity index is 967. The van der Waals surface area contributed by atoms with Gasteiger partial charge in [0.1, 0.15) is 12.6 Å². The molecule has 0 radical (unpaired) electrons. The first-order chi connectivity index (χ1) is 13.6. The molecule has 0 saturated heterocycles. The number of sulfonamides is 1. The van der Waals surface area contributed by atoms with Gasteiger partial charge in [-0.25, -0.2) is 8.42 Å². The molecule has 0 aliphatic rings. The van der Waals surface area contributed by atoms with Crippen molar-refractivity contribution in [3.8, 4) is 0 Å². The molecule has 0 spiro atoms. The zero-order valence-electron chi connectivity index (χ0n) is 16.5. The van der Waals surface area contributed by atoms with E-state index in [0.717, 1.165) is 16.1 Å². The Labute approximate surface area is 179 Å². The van der Waals surface area contributed by atoms with E-state index in [2.05, 4.69) is 21.2 Å². The van der Waals surface area contributed by atoms with Crippen LogP contribution in [-0.4, -0.2) is 51.0 Å². The number of hydrogen-bond acceptors (Lipinski definition) is 4. The molecule has 29 heavy (non-hydrogen) atoms. The van der Waals surface area contributed by atoms with Crippen LogP contribution in [0.3, 0.4) is 0 Å². The van der Waals surface area contributed by atoms with Gasteiger partial charge in [-0.1, -0.05) is 52.3 Å². The van der Waals surface area contributed by atoms with E-state index in [1.807, 2.05) is 30.3 Å². The smallest absolute Gasteiger partial charge is 0.244 e. The average Bonchev–Trinajstić information content (AvgIpc) is 2.68. The van der Waals surface area contributed by atoms with Crippen molar-refractivity contribution in [2.24, 2.45) is 0 Å². The third-order valence-corrected chi connectivity index (χ3v) is 6.02. The van der Waals surface area contributed by atoms with Gasteiger partial charge in [0.2, 0.25) is 21.8 Å². The maximum atomic E-state index is 13.2. The van der Waals surface area contributed by atoms with Crippen molar-refractivity contribution >= 4 is 43.5 Å². The fourth-order valence-electron chi connectivity index (χ4n) is 2.82. The molecule has 156 valence electrons. The van der Waals surface area contributed by atoms with Crippen LogP contribution in [0.2, 0.25) is 0 Å². The highest BCUT2D eigenvalue weighted by Crippen LogP contribution is 2.22. The minimum Gasteiger partial charge on any atom is -0.357 e. The van der Waals surface area contributed by atoms with Crippen LogP contribution in [0.25, 0.3) is 0 Å². The first-order valence-corrected chi connectivity index (χ1v) is 11.6. The second kappa shape index (κ2) is 9.89. The first-order valence-electron chi connectivity index (χ1n) is 8.91. The molecule has 9 heteroatoms. The van der Waals surface area contributed by atoms with E-state index in [9.17, 15) is 18.0 Å². The van der Waals surface area contributed by atoms with E-state index < -0.39 is 28.5 Å². The van der Waals surface area contributed by atoms with E-state index in [1.54, 1.807) is 31.2 Å². The van der Waals surface area contributed by atoms with Crippen molar-refractivity contribution in [3.63, 3.8) is 0 Å². The summed E-state index contributed by atoms with van der Waals surface area (Å²) < 4.78 is 26.5. The molecule has 7 nitrogen and oxygen atoms in total. The van der Waals surface area contributed by atoms with Crippen LogP contribution in [0.5, 0.6) is 0 Å². The lowest BCUT2D eigenvalue weighted by molar-refractivity contribution is -0.139. The van der Waals surface area contributed by atoms with E-state index in [4.69, 9.17) is 0 Å². The second-order valence-electron chi connectivity index (χ2n) is 6.55. The molecule has 2 amide bonds. The zero-order valence-corrected chi connectivity index (χ0v) is 18.9. The molecule has 2 rings (SSSR count). The molecule has 1 atom stereocenters. The van der Waals surface area contributed by atoms with Crippen LogP contribution in [0.1, 0.15) is 12.5 Å². The van der Waals surface area contributed by atoms with E-state index in [0.29, 0.717) is 10.2 Å². The standard InChI is InChI=1S/C20H24BrN3O4S/c1-15(20(26)22-2)23(13-16-8-5-4-6-9-16)19(25)14-24(29(3,27)28)18-11-7-10-17(21)12-18/h4-12,15H,13-14H2,1-3H3,(H,22,26). The number of amides is 2. The first kappa shape index (κ1) is 22.9. The summed E-state index contributed by atoms with van der Waals surface area (Å²) in [6, 6.07) is 15.2. The monoisotopic (exact) mass is 481 g/mol. The van der Waals surface area contributed by atoms with Gasteiger partial charge in [-0.3, -0.25) is 13.9 Å². The van der Waals surface area contributed by atoms with Crippen molar-refractivity contribution < 1.29 is 18.0 Å². The minimum atomic E-state index is -3.72. The summed E-state index contributed by atoms with van der Waals surface area (Å²) in [5.74, 6) is -0.807. The Morgan fingerprint density at radius 1 is 1.10 bits per heavy atom. The summed E-state index contributed by atoms with van der Waals surface area (Å²) in [7, 11) is -2.23. The molecule has 2 aromatic carbocycles. The number of carbonyl (C=O) groups is 2. The van der Waals surface area contributed by atoms with Gasteiger partial charge < -0.3 is 10.2 Å². The molecule has 2 aromatic rings. The number of benzene rings is 2. The summed E-state index contributed by atoms with van der Waals surface area (Å²) in [5.41, 5.74) is 1.20. The van der Waals surface area contributed by atoms with Gasteiger partial charge in [-0.15, -0.1) is 0 Å². The highest BCUT2D eigenvalue weighted by Gasteiger charge is 2.29. The van der Waals surface area contributed by atoms with Crippen LogP contribution in [0, 0.1) is 0 Å². The molecule has 0 bridgehead atoms. The lowest BCUT2D eigenvalue weighted by Crippen LogP contribution is -2.50. The van der Waals surface area contributed by atoms with Gasteiger partial charge in [-0.2, -0.15) is 0 Å². The number of nitrogens with zero attached hydrogens (tertiary/aromatic N) is 2. The molecule has 0 fully saturated rings. The number of likely N-dealkylation sites (N-methyl/N-ethyl adjacent to an activating group) is 1. The van der Waals surface area contributed by atoms with Crippen molar-refractivity contribution in [2.45, 2.75) is 19.5 Å². The van der Waals surface area contributed by atoms with Crippen molar-refractivity contribution in [1.29, 1.82) is 0 Å². The third kappa shape index (κ3) is 6.30. The van der Waals surface area contributed by atoms with Crippen molar-refractivity contribution in [1.82, 2.24) is 10.2 Å². The maximum absolute atomic E-state index is 13.2. The summed E-state index contributed by atoms with van der Waals surface area (Å²) in [6.07, 6.45) is 1.05. The third-order valence-electron chi connectivity index (χ3n) is 4.38. The highest BCUT2D eigenvalue weighted by atomic mass is 79.9. The number of carbonyl (C=O) groups excluding carboxylic acids is 2. The fraction of sp³-hybridized carbons (Fsp3) is 0.300. The lowest BCUT2D eigenvalue weighted by atomic mass is 10.1. The topological polar surface area (TPSA) is 86.8 Å². The number of halogens is 1. The predicted octanol–water partition coefficient (Wildman–Crippen LogP) is 2.38.